The van der Waals surface area contributed by atoms with E-state index in [4.69, 9.17) is 8.83 Å². The molecular weight excluding hydrogens is 548 g/mol. The van der Waals surface area contributed by atoms with Crippen molar-refractivity contribution in [3.05, 3.63) is 105 Å². The Kier molecular flexibility index (Phi) is 9.64. The molecule has 0 bridgehead atoms. The summed E-state index contributed by atoms with van der Waals surface area (Å²) in [7, 11) is 0. The SMILES string of the molecule is O=C(CCCCC(=O)N/N=C/c1ccc(-c2ccc([N+](=O)[O-])cc2)o1)N/N=C/c1ccc(-c2ccc([N+](=O)[O-])cc2)o1. The molecule has 0 spiro atoms. The Morgan fingerprint density at radius 2 is 1.02 bits per heavy atom. The maximum absolute atomic E-state index is 12.0. The van der Waals surface area contributed by atoms with E-state index in [-0.39, 0.29) is 36.0 Å². The number of nitro benzene ring substituents is 2. The molecule has 0 aliphatic heterocycles. The predicted octanol–water partition coefficient (Wildman–Crippen LogP) is 5.18. The highest BCUT2D eigenvalue weighted by Crippen LogP contribution is 2.25. The molecule has 2 amide bonds. The summed E-state index contributed by atoms with van der Waals surface area (Å²) in [5.74, 6) is 1.12. The Morgan fingerprint density at radius 3 is 1.38 bits per heavy atom. The molecule has 0 atom stereocenters. The van der Waals surface area contributed by atoms with Gasteiger partial charge in [0.05, 0.1) is 22.3 Å². The number of benzene rings is 2. The molecule has 0 saturated carbocycles. The Labute approximate surface area is 238 Å². The summed E-state index contributed by atoms with van der Waals surface area (Å²) in [6, 6.07) is 18.5. The molecule has 0 saturated heterocycles. The fourth-order valence-corrected chi connectivity index (χ4v) is 3.67. The second-order valence-corrected chi connectivity index (χ2v) is 8.81. The highest BCUT2D eigenvalue weighted by Gasteiger charge is 2.10. The number of rotatable bonds is 13. The third kappa shape index (κ3) is 8.29. The van der Waals surface area contributed by atoms with Crippen LogP contribution in [0.5, 0.6) is 0 Å². The number of amides is 2. The minimum absolute atomic E-state index is 0.0212. The van der Waals surface area contributed by atoms with Gasteiger partial charge in [-0.15, -0.1) is 0 Å². The van der Waals surface area contributed by atoms with Gasteiger partial charge in [-0.05, 0) is 61.4 Å². The summed E-state index contributed by atoms with van der Waals surface area (Å²) in [4.78, 5) is 44.6. The molecule has 4 rings (SSSR count). The molecule has 0 fully saturated rings. The molecule has 42 heavy (non-hydrogen) atoms. The Hall–Kier alpha value is -5.92. The van der Waals surface area contributed by atoms with E-state index >= 15 is 0 Å². The van der Waals surface area contributed by atoms with Crippen LogP contribution in [0.3, 0.4) is 0 Å². The van der Waals surface area contributed by atoms with Crippen LogP contribution in [-0.2, 0) is 9.59 Å². The van der Waals surface area contributed by atoms with Crippen molar-refractivity contribution in [2.24, 2.45) is 10.2 Å². The van der Waals surface area contributed by atoms with E-state index in [1.165, 1.54) is 36.7 Å². The van der Waals surface area contributed by atoms with E-state index in [0.29, 0.717) is 47.0 Å². The van der Waals surface area contributed by atoms with E-state index in [2.05, 4.69) is 21.1 Å². The minimum Gasteiger partial charge on any atom is -0.455 e. The van der Waals surface area contributed by atoms with Crippen LogP contribution < -0.4 is 10.9 Å². The fraction of sp³-hybridized carbons (Fsp3) is 0.143. The number of carbonyl (C=O) groups is 2. The average molecular weight is 573 g/mol. The van der Waals surface area contributed by atoms with Gasteiger partial charge in [-0.2, -0.15) is 10.2 Å². The van der Waals surface area contributed by atoms with Gasteiger partial charge in [0.25, 0.3) is 11.4 Å². The number of hydrogen-bond acceptors (Lipinski definition) is 10. The van der Waals surface area contributed by atoms with Crippen LogP contribution in [0.15, 0.2) is 91.8 Å². The maximum Gasteiger partial charge on any atom is 0.269 e. The maximum atomic E-state index is 12.0. The first-order chi connectivity index (χ1) is 20.3. The highest BCUT2D eigenvalue weighted by atomic mass is 16.6. The van der Waals surface area contributed by atoms with E-state index in [1.54, 1.807) is 48.5 Å². The van der Waals surface area contributed by atoms with Gasteiger partial charge >= 0.3 is 0 Å². The van der Waals surface area contributed by atoms with Crippen LogP contribution in [0.2, 0.25) is 0 Å². The van der Waals surface area contributed by atoms with Gasteiger partial charge in [0.15, 0.2) is 0 Å². The van der Waals surface area contributed by atoms with Crippen LogP contribution in [0.1, 0.15) is 37.2 Å². The number of non-ortho nitro benzene ring substituents is 2. The van der Waals surface area contributed by atoms with Crippen molar-refractivity contribution in [2.75, 3.05) is 0 Å². The Balaban J connectivity index is 1.12. The normalized spacial score (nSPS) is 11.1. The van der Waals surface area contributed by atoms with Gasteiger partial charge in [-0.3, -0.25) is 29.8 Å². The molecule has 0 unspecified atom stereocenters. The van der Waals surface area contributed by atoms with Crippen LogP contribution in [0.4, 0.5) is 11.4 Å². The summed E-state index contributed by atoms with van der Waals surface area (Å²) in [6.07, 6.45) is 3.93. The minimum atomic E-state index is -0.482. The smallest absolute Gasteiger partial charge is 0.269 e. The molecule has 14 nitrogen and oxygen atoms in total. The second-order valence-electron chi connectivity index (χ2n) is 8.81. The summed E-state index contributed by atoms with van der Waals surface area (Å²) in [5.41, 5.74) is 6.07. The summed E-state index contributed by atoms with van der Waals surface area (Å²) >= 11 is 0. The topological polar surface area (TPSA) is 195 Å². The number of nitro groups is 2. The predicted molar refractivity (Wildman–Crippen MR) is 152 cm³/mol. The lowest BCUT2D eigenvalue weighted by Crippen LogP contribution is -2.18. The Bertz CT molecular complexity index is 1500. The van der Waals surface area contributed by atoms with Crippen molar-refractivity contribution in [3.63, 3.8) is 0 Å². The summed E-state index contributed by atoms with van der Waals surface area (Å²) in [5, 5.41) is 29.3. The molecule has 2 aromatic heterocycles. The molecule has 2 N–H and O–H groups in total. The second kappa shape index (κ2) is 13.9. The van der Waals surface area contributed by atoms with Crippen LogP contribution in [0, 0.1) is 20.2 Å². The first kappa shape index (κ1) is 29.1. The molecule has 0 radical (unpaired) electrons. The lowest BCUT2D eigenvalue weighted by atomic mass is 10.1. The summed E-state index contributed by atoms with van der Waals surface area (Å²) < 4.78 is 11.2. The third-order valence-electron chi connectivity index (χ3n) is 5.80. The molecule has 0 aliphatic carbocycles. The number of nitrogens with one attached hydrogen (secondary N) is 2. The molecule has 14 heteroatoms. The van der Waals surface area contributed by atoms with Crippen molar-refractivity contribution in [3.8, 4) is 22.6 Å². The van der Waals surface area contributed by atoms with Crippen LogP contribution in [0.25, 0.3) is 22.6 Å². The molecule has 214 valence electrons. The van der Waals surface area contributed by atoms with E-state index in [9.17, 15) is 29.8 Å². The van der Waals surface area contributed by atoms with Crippen molar-refractivity contribution < 1.29 is 28.3 Å². The largest absolute Gasteiger partial charge is 0.455 e. The van der Waals surface area contributed by atoms with Gasteiger partial charge in [0.1, 0.15) is 23.0 Å². The first-order valence-electron chi connectivity index (χ1n) is 12.6. The first-order valence-corrected chi connectivity index (χ1v) is 12.6. The van der Waals surface area contributed by atoms with E-state index in [1.807, 2.05) is 0 Å². The van der Waals surface area contributed by atoms with Crippen LogP contribution in [-0.4, -0.2) is 34.1 Å². The fourth-order valence-electron chi connectivity index (χ4n) is 3.67. The standard InChI is InChI=1S/C28H24N6O8/c35-27(31-29-17-23-13-15-25(41-23)19-5-9-21(10-6-19)33(37)38)3-1-2-4-28(36)32-30-18-24-14-16-26(42-24)20-7-11-22(12-8-20)34(39)40/h5-18H,1-4H2,(H,31,35)(H,32,36)/b29-17+,30-18+. The lowest BCUT2D eigenvalue weighted by molar-refractivity contribution is -0.385. The van der Waals surface area contributed by atoms with Gasteiger partial charge < -0.3 is 8.83 Å². The molecule has 2 aromatic carbocycles. The summed E-state index contributed by atoms with van der Waals surface area (Å²) in [6.45, 7) is 0. The number of furan rings is 2. The van der Waals surface area contributed by atoms with E-state index in [0.717, 1.165) is 0 Å². The monoisotopic (exact) mass is 572 g/mol. The Morgan fingerprint density at radius 1 is 0.643 bits per heavy atom. The van der Waals surface area contributed by atoms with Gasteiger partial charge in [-0.1, -0.05) is 0 Å². The number of unbranched alkanes of at least 4 members (excludes halogenated alkanes) is 1. The average Bonchev–Trinajstić information content (AvgIpc) is 3.66. The number of carbonyl (C=O) groups excluding carboxylic acids is 2. The number of hydrazone groups is 2. The number of hydrogen-bond donors (Lipinski definition) is 2. The lowest BCUT2D eigenvalue weighted by Gasteiger charge is -2.00. The highest BCUT2D eigenvalue weighted by molar-refractivity contribution is 5.82. The number of nitrogens with zero attached hydrogens (tertiary/aromatic N) is 4. The van der Waals surface area contributed by atoms with Crippen molar-refractivity contribution >= 4 is 35.6 Å². The molecule has 4 aromatic rings. The zero-order chi connectivity index (χ0) is 29.9. The van der Waals surface area contributed by atoms with E-state index < -0.39 is 9.85 Å². The third-order valence-corrected chi connectivity index (χ3v) is 5.80. The zero-order valence-corrected chi connectivity index (χ0v) is 22.0. The van der Waals surface area contributed by atoms with Gasteiger partial charge in [0, 0.05) is 48.2 Å². The van der Waals surface area contributed by atoms with Crippen LogP contribution >= 0.6 is 0 Å². The van der Waals surface area contributed by atoms with Crippen molar-refractivity contribution in [1.82, 2.24) is 10.9 Å². The molecule has 2 heterocycles. The van der Waals surface area contributed by atoms with Crippen molar-refractivity contribution in [2.45, 2.75) is 25.7 Å². The van der Waals surface area contributed by atoms with Gasteiger partial charge in [0.2, 0.25) is 11.8 Å². The quantitative estimate of drug-likeness (QED) is 0.0945. The molecular formula is C28H24N6O8. The van der Waals surface area contributed by atoms with Crippen molar-refractivity contribution in [1.29, 1.82) is 0 Å². The van der Waals surface area contributed by atoms with Gasteiger partial charge in [-0.25, -0.2) is 10.9 Å². The zero-order valence-electron chi connectivity index (χ0n) is 22.0. The molecule has 0 aliphatic rings.